The number of thioether (sulfide) groups is 1. The Balaban J connectivity index is 1.91. The minimum absolute atomic E-state index is 0.0428. The van der Waals surface area contributed by atoms with Crippen molar-refractivity contribution >= 4 is 23.5 Å². The molecule has 3 aliphatic rings. The average molecular weight is 314 g/mol. The van der Waals surface area contributed by atoms with Crippen LogP contribution < -0.4 is 0 Å². The van der Waals surface area contributed by atoms with Crippen molar-refractivity contribution in [1.82, 2.24) is 0 Å². The lowest BCUT2D eigenvalue weighted by atomic mass is 9.73. The zero-order valence-electron chi connectivity index (χ0n) is 12.4. The summed E-state index contributed by atoms with van der Waals surface area (Å²) in [6, 6.07) is 0. The average Bonchev–Trinajstić information content (AvgIpc) is 2.95. The normalized spacial score (nSPS) is 35.3. The van der Waals surface area contributed by atoms with Crippen molar-refractivity contribution in [2.45, 2.75) is 49.6 Å². The molecule has 0 N–H and O–H groups in total. The van der Waals surface area contributed by atoms with Gasteiger partial charge in [0.15, 0.2) is 11.6 Å². The Hall–Kier alpha value is -0.590. The van der Waals surface area contributed by atoms with Gasteiger partial charge in [-0.05, 0) is 31.9 Å². The lowest BCUT2D eigenvalue weighted by molar-refractivity contribution is -0.199. The van der Waals surface area contributed by atoms with E-state index in [0.717, 1.165) is 31.4 Å². The molecule has 5 nitrogen and oxygen atoms in total. The van der Waals surface area contributed by atoms with Crippen LogP contribution in [-0.2, 0) is 23.8 Å². The molecule has 0 radical (unpaired) electrons. The van der Waals surface area contributed by atoms with Gasteiger partial charge in [0.2, 0.25) is 0 Å². The summed E-state index contributed by atoms with van der Waals surface area (Å²) in [6.45, 7) is 3.13. The summed E-state index contributed by atoms with van der Waals surface area (Å²) in [5.41, 5.74) is 0. The standard InChI is InChI=1S/C15H22O5S/c1-2-18-13(17)11-5-3-6-14(12(11)16)15(7-4-10-21-14)19-8-9-20-15/h11H,2-10H2,1H3. The van der Waals surface area contributed by atoms with E-state index in [4.69, 9.17) is 14.2 Å². The lowest BCUT2D eigenvalue weighted by Gasteiger charge is -2.50. The Morgan fingerprint density at radius 1 is 1.33 bits per heavy atom. The second-order valence-electron chi connectivity index (χ2n) is 5.79. The zero-order chi connectivity index (χ0) is 14.9. The predicted molar refractivity (Wildman–Crippen MR) is 78.0 cm³/mol. The quantitative estimate of drug-likeness (QED) is 0.573. The molecule has 0 aromatic rings. The third kappa shape index (κ3) is 2.32. The molecule has 118 valence electrons. The summed E-state index contributed by atoms with van der Waals surface area (Å²) < 4.78 is 16.2. The maximum atomic E-state index is 13.1. The number of carbonyl (C=O) groups is 2. The lowest BCUT2D eigenvalue weighted by Crippen LogP contribution is -2.63. The van der Waals surface area contributed by atoms with Crippen LogP contribution in [-0.4, -0.2) is 47.9 Å². The van der Waals surface area contributed by atoms with E-state index in [-0.39, 0.29) is 11.8 Å². The zero-order valence-corrected chi connectivity index (χ0v) is 13.2. The Kier molecular flexibility index (Phi) is 4.30. The van der Waals surface area contributed by atoms with Crippen molar-refractivity contribution in [1.29, 1.82) is 0 Å². The van der Waals surface area contributed by atoms with Crippen LogP contribution in [0.1, 0.15) is 39.0 Å². The molecular weight excluding hydrogens is 292 g/mol. The Labute approximate surface area is 129 Å². The summed E-state index contributed by atoms with van der Waals surface area (Å²) in [5, 5.41) is 0. The van der Waals surface area contributed by atoms with Gasteiger partial charge >= 0.3 is 5.97 Å². The van der Waals surface area contributed by atoms with Crippen molar-refractivity contribution in [3.05, 3.63) is 0 Å². The van der Waals surface area contributed by atoms with Crippen LogP contribution >= 0.6 is 11.8 Å². The Bertz CT molecular complexity index is 428. The van der Waals surface area contributed by atoms with Crippen molar-refractivity contribution in [2.24, 2.45) is 5.92 Å². The van der Waals surface area contributed by atoms with E-state index in [9.17, 15) is 9.59 Å². The molecule has 21 heavy (non-hydrogen) atoms. The number of ketones is 1. The monoisotopic (exact) mass is 314 g/mol. The molecule has 0 aromatic carbocycles. The van der Waals surface area contributed by atoms with Crippen LogP contribution in [0, 0.1) is 5.92 Å². The molecule has 2 heterocycles. The highest BCUT2D eigenvalue weighted by atomic mass is 32.2. The summed E-state index contributed by atoms with van der Waals surface area (Å²) >= 11 is 1.62. The molecule has 3 rings (SSSR count). The molecule has 0 amide bonds. The van der Waals surface area contributed by atoms with Gasteiger partial charge in [0.05, 0.1) is 19.8 Å². The third-order valence-electron chi connectivity index (χ3n) is 4.68. The van der Waals surface area contributed by atoms with E-state index in [1.807, 2.05) is 0 Å². The number of fused-ring (bicyclic) bond motifs is 1. The fourth-order valence-electron chi connectivity index (χ4n) is 3.78. The topological polar surface area (TPSA) is 61.8 Å². The van der Waals surface area contributed by atoms with Crippen LogP contribution in [0.2, 0.25) is 0 Å². The van der Waals surface area contributed by atoms with Gasteiger partial charge in [-0.3, -0.25) is 9.59 Å². The summed E-state index contributed by atoms with van der Waals surface area (Å²) in [5.74, 6) is -0.998. The van der Waals surface area contributed by atoms with Gasteiger partial charge in [-0.2, -0.15) is 0 Å². The molecule has 1 saturated carbocycles. The second kappa shape index (κ2) is 5.89. The Morgan fingerprint density at radius 2 is 2.10 bits per heavy atom. The van der Waals surface area contributed by atoms with Gasteiger partial charge in [0.25, 0.3) is 0 Å². The molecule has 2 unspecified atom stereocenters. The molecule has 2 atom stereocenters. The highest BCUT2D eigenvalue weighted by Crippen LogP contribution is 2.55. The third-order valence-corrected chi connectivity index (χ3v) is 6.38. The van der Waals surface area contributed by atoms with Crippen molar-refractivity contribution in [3.8, 4) is 0 Å². The number of rotatable bonds is 2. The first-order valence-corrected chi connectivity index (χ1v) is 8.76. The van der Waals surface area contributed by atoms with E-state index in [0.29, 0.717) is 26.2 Å². The first kappa shape index (κ1) is 15.3. The second-order valence-corrected chi connectivity index (χ2v) is 7.18. The van der Waals surface area contributed by atoms with Gasteiger partial charge in [-0.25, -0.2) is 0 Å². The van der Waals surface area contributed by atoms with E-state index < -0.39 is 16.5 Å². The van der Waals surface area contributed by atoms with Crippen molar-refractivity contribution < 1.29 is 23.8 Å². The van der Waals surface area contributed by atoms with Crippen LogP contribution in [0.15, 0.2) is 0 Å². The molecule has 0 bridgehead atoms. The number of hydrogen-bond donors (Lipinski definition) is 0. The van der Waals surface area contributed by atoms with Crippen molar-refractivity contribution in [2.75, 3.05) is 25.6 Å². The summed E-state index contributed by atoms with van der Waals surface area (Å²) in [7, 11) is 0. The number of ether oxygens (including phenoxy) is 3. The minimum atomic E-state index is -0.821. The summed E-state index contributed by atoms with van der Waals surface area (Å²) in [4.78, 5) is 25.2. The van der Waals surface area contributed by atoms with E-state index in [2.05, 4.69) is 0 Å². The van der Waals surface area contributed by atoms with E-state index in [1.54, 1.807) is 18.7 Å². The molecule has 1 aliphatic carbocycles. The predicted octanol–water partition coefficient (Wildman–Crippen LogP) is 1.93. The van der Waals surface area contributed by atoms with Gasteiger partial charge in [-0.15, -0.1) is 11.8 Å². The van der Waals surface area contributed by atoms with Crippen LogP contribution in [0.4, 0.5) is 0 Å². The highest BCUT2D eigenvalue weighted by Gasteiger charge is 2.64. The highest BCUT2D eigenvalue weighted by molar-refractivity contribution is 8.01. The number of Topliss-reactive ketones (excluding diaryl/α,β-unsaturated/α-hetero) is 1. The molecule has 2 aliphatic heterocycles. The molecule has 0 aromatic heterocycles. The van der Waals surface area contributed by atoms with Crippen LogP contribution in [0.3, 0.4) is 0 Å². The molecule has 2 spiro atoms. The van der Waals surface area contributed by atoms with Crippen LogP contribution in [0.5, 0.6) is 0 Å². The van der Waals surface area contributed by atoms with Crippen LogP contribution in [0.25, 0.3) is 0 Å². The Morgan fingerprint density at radius 3 is 2.81 bits per heavy atom. The number of hydrogen-bond acceptors (Lipinski definition) is 6. The van der Waals surface area contributed by atoms with Gasteiger partial charge in [-0.1, -0.05) is 6.42 Å². The SMILES string of the molecule is CCOC(=O)C1CCCC2(SCCCC23OCCO3)C1=O. The van der Waals surface area contributed by atoms with E-state index in [1.165, 1.54) is 0 Å². The molecule has 3 fully saturated rings. The maximum absolute atomic E-state index is 13.1. The first-order chi connectivity index (χ1) is 10.2. The van der Waals surface area contributed by atoms with Crippen molar-refractivity contribution in [3.63, 3.8) is 0 Å². The molecule has 2 saturated heterocycles. The van der Waals surface area contributed by atoms with E-state index >= 15 is 0 Å². The summed E-state index contributed by atoms with van der Waals surface area (Å²) in [6.07, 6.45) is 3.85. The fourth-order valence-corrected chi connectivity index (χ4v) is 5.43. The van der Waals surface area contributed by atoms with Gasteiger partial charge in [0.1, 0.15) is 10.7 Å². The van der Waals surface area contributed by atoms with Gasteiger partial charge in [0, 0.05) is 6.42 Å². The molecular formula is C15H22O5S. The minimum Gasteiger partial charge on any atom is -0.465 e. The molecule has 6 heteroatoms. The smallest absolute Gasteiger partial charge is 0.316 e. The van der Waals surface area contributed by atoms with Gasteiger partial charge < -0.3 is 14.2 Å². The largest absolute Gasteiger partial charge is 0.465 e. The number of esters is 1. The number of carbonyl (C=O) groups excluding carboxylic acids is 2. The first-order valence-electron chi connectivity index (χ1n) is 7.78. The maximum Gasteiger partial charge on any atom is 0.316 e. The fraction of sp³-hybridized carbons (Fsp3) is 0.867.